The fourth-order valence-corrected chi connectivity index (χ4v) is 5.44. The standard InChI is InChI=1S/C16H16N2O6S3/c1-23-11-5-7-13(24-2)15(9-11)27(21,22)18-10-4-6-12-14(8-10)25-16(17-12)26(3,19)20/h4-9,18H,1-3H3. The number of ether oxygens (including phenoxy) is 2. The molecule has 0 atom stereocenters. The third-order valence-electron chi connectivity index (χ3n) is 3.60. The second kappa shape index (κ2) is 6.98. The van der Waals surface area contributed by atoms with E-state index in [1.54, 1.807) is 12.1 Å². The predicted molar refractivity (Wildman–Crippen MR) is 103 cm³/mol. The van der Waals surface area contributed by atoms with Crippen molar-refractivity contribution < 1.29 is 26.3 Å². The van der Waals surface area contributed by atoms with Gasteiger partial charge in [0.05, 0.1) is 30.1 Å². The van der Waals surface area contributed by atoms with Crippen LogP contribution in [0.2, 0.25) is 0 Å². The maximum Gasteiger partial charge on any atom is 0.265 e. The van der Waals surface area contributed by atoms with Gasteiger partial charge in [0.2, 0.25) is 14.2 Å². The van der Waals surface area contributed by atoms with Crippen molar-refractivity contribution in [1.29, 1.82) is 0 Å². The minimum atomic E-state index is -3.97. The summed E-state index contributed by atoms with van der Waals surface area (Å²) < 4.78 is 62.1. The van der Waals surface area contributed by atoms with Gasteiger partial charge in [0, 0.05) is 12.3 Å². The Bertz CT molecular complexity index is 1220. The van der Waals surface area contributed by atoms with E-state index < -0.39 is 19.9 Å². The van der Waals surface area contributed by atoms with Gasteiger partial charge >= 0.3 is 0 Å². The zero-order valence-electron chi connectivity index (χ0n) is 14.6. The lowest BCUT2D eigenvalue weighted by Crippen LogP contribution is -2.14. The van der Waals surface area contributed by atoms with Crippen molar-refractivity contribution in [3.63, 3.8) is 0 Å². The molecular weight excluding hydrogens is 412 g/mol. The Morgan fingerprint density at radius 3 is 2.37 bits per heavy atom. The van der Waals surface area contributed by atoms with Gasteiger partial charge in [-0.05, 0) is 30.3 Å². The molecule has 1 aromatic heterocycles. The highest BCUT2D eigenvalue weighted by Crippen LogP contribution is 2.32. The molecule has 0 fully saturated rings. The number of hydrogen-bond acceptors (Lipinski definition) is 8. The van der Waals surface area contributed by atoms with Gasteiger partial charge in [-0.25, -0.2) is 21.8 Å². The molecular formula is C16H16N2O6S3. The first-order valence-corrected chi connectivity index (χ1v) is 11.7. The number of benzene rings is 2. The molecule has 0 amide bonds. The molecule has 144 valence electrons. The number of aromatic nitrogens is 1. The summed E-state index contributed by atoms with van der Waals surface area (Å²) in [5.74, 6) is 0.536. The van der Waals surface area contributed by atoms with Gasteiger partial charge in [-0.1, -0.05) is 0 Å². The summed E-state index contributed by atoms with van der Waals surface area (Å²) in [6, 6.07) is 9.05. The molecule has 0 aliphatic rings. The number of nitrogens with zero attached hydrogens (tertiary/aromatic N) is 1. The normalized spacial score (nSPS) is 12.1. The van der Waals surface area contributed by atoms with Crippen LogP contribution in [0, 0.1) is 0 Å². The maximum absolute atomic E-state index is 12.8. The lowest BCUT2D eigenvalue weighted by atomic mass is 10.3. The van der Waals surface area contributed by atoms with E-state index in [0.717, 1.165) is 17.6 Å². The molecule has 0 bridgehead atoms. The summed E-state index contributed by atoms with van der Waals surface area (Å²) >= 11 is 0.975. The minimum Gasteiger partial charge on any atom is -0.497 e. The zero-order chi connectivity index (χ0) is 19.8. The first-order chi connectivity index (χ1) is 12.6. The summed E-state index contributed by atoms with van der Waals surface area (Å²) in [5, 5.41) is 0. The Labute approximate surface area is 160 Å². The van der Waals surface area contributed by atoms with Gasteiger partial charge < -0.3 is 9.47 Å². The van der Waals surface area contributed by atoms with Gasteiger partial charge in [0.25, 0.3) is 10.0 Å². The summed E-state index contributed by atoms with van der Waals surface area (Å²) in [6.07, 6.45) is 1.07. The van der Waals surface area contributed by atoms with Crippen LogP contribution in [0.3, 0.4) is 0 Å². The van der Waals surface area contributed by atoms with Crippen molar-refractivity contribution >= 4 is 47.1 Å². The Morgan fingerprint density at radius 1 is 1.00 bits per heavy atom. The van der Waals surface area contributed by atoms with Gasteiger partial charge in [-0.2, -0.15) is 0 Å². The SMILES string of the molecule is COc1ccc(OC)c(S(=O)(=O)Nc2ccc3nc(S(C)(=O)=O)sc3c2)c1. The van der Waals surface area contributed by atoms with Crippen LogP contribution in [0.4, 0.5) is 5.69 Å². The van der Waals surface area contributed by atoms with Crippen molar-refractivity contribution in [2.75, 3.05) is 25.2 Å². The third kappa shape index (κ3) is 3.99. The van der Waals surface area contributed by atoms with Crippen LogP contribution in [-0.4, -0.2) is 42.3 Å². The highest BCUT2D eigenvalue weighted by molar-refractivity contribution is 7.93. The molecule has 0 spiro atoms. The van der Waals surface area contributed by atoms with E-state index in [-0.39, 0.29) is 20.7 Å². The summed E-state index contributed by atoms with van der Waals surface area (Å²) in [4.78, 5) is 3.97. The van der Waals surface area contributed by atoms with E-state index in [1.165, 1.54) is 38.5 Å². The van der Waals surface area contributed by atoms with Crippen LogP contribution in [0.1, 0.15) is 0 Å². The third-order valence-corrected chi connectivity index (χ3v) is 7.70. The summed E-state index contributed by atoms with van der Waals surface area (Å²) in [6.45, 7) is 0. The average molecular weight is 429 g/mol. The van der Waals surface area contributed by atoms with E-state index >= 15 is 0 Å². The molecule has 1 heterocycles. The van der Waals surface area contributed by atoms with Gasteiger partial charge in [0.1, 0.15) is 16.4 Å². The van der Waals surface area contributed by atoms with Gasteiger partial charge in [-0.15, -0.1) is 11.3 Å². The van der Waals surface area contributed by atoms with Crippen molar-refractivity contribution in [3.8, 4) is 11.5 Å². The fraction of sp³-hybridized carbons (Fsp3) is 0.188. The smallest absolute Gasteiger partial charge is 0.265 e. The first-order valence-electron chi connectivity index (χ1n) is 7.49. The number of fused-ring (bicyclic) bond motifs is 1. The number of rotatable bonds is 6. The Hall–Kier alpha value is -2.37. The summed E-state index contributed by atoms with van der Waals surface area (Å²) in [5.41, 5.74) is 0.749. The molecule has 0 saturated heterocycles. The van der Waals surface area contributed by atoms with Gasteiger partial charge in [0.15, 0.2) is 0 Å². The van der Waals surface area contributed by atoms with E-state index in [1.807, 2.05) is 0 Å². The van der Waals surface area contributed by atoms with E-state index in [0.29, 0.717) is 16.0 Å². The van der Waals surface area contributed by atoms with Crippen molar-refractivity contribution in [1.82, 2.24) is 4.98 Å². The Kier molecular flexibility index (Phi) is 5.02. The topological polar surface area (TPSA) is 112 Å². The monoisotopic (exact) mass is 428 g/mol. The molecule has 0 unspecified atom stereocenters. The van der Waals surface area contributed by atoms with Crippen LogP contribution in [0.25, 0.3) is 10.2 Å². The molecule has 11 heteroatoms. The average Bonchev–Trinajstić information content (AvgIpc) is 3.04. The Balaban J connectivity index is 2.01. The molecule has 3 aromatic rings. The lowest BCUT2D eigenvalue weighted by Gasteiger charge is -2.12. The molecule has 0 radical (unpaired) electrons. The van der Waals surface area contributed by atoms with Crippen LogP contribution < -0.4 is 14.2 Å². The first kappa shape index (κ1) is 19.4. The number of sulfonamides is 1. The second-order valence-electron chi connectivity index (χ2n) is 5.56. The second-order valence-corrected chi connectivity index (χ2v) is 10.4. The van der Waals surface area contributed by atoms with E-state index in [9.17, 15) is 16.8 Å². The predicted octanol–water partition coefficient (Wildman–Crippen LogP) is 2.52. The van der Waals surface area contributed by atoms with Crippen LogP contribution >= 0.6 is 11.3 Å². The lowest BCUT2D eigenvalue weighted by molar-refractivity contribution is 0.392. The van der Waals surface area contributed by atoms with Crippen LogP contribution in [0.5, 0.6) is 11.5 Å². The van der Waals surface area contributed by atoms with Crippen LogP contribution in [-0.2, 0) is 19.9 Å². The van der Waals surface area contributed by atoms with Crippen molar-refractivity contribution in [2.24, 2.45) is 0 Å². The highest BCUT2D eigenvalue weighted by Gasteiger charge is 2.21. The van der Waals surface area contributed by atoms with E-state index in [4.69, 9.17) is 9.47 Å². The number of anilines is 1. The van der Waals surface area contributed by atoms with Crippen molar-refractivity contribution in [2.45, 2.75) is 9.24 Å². The van der Waals surface area contributed by atoms with Crippen molar-refractivity contribution in [3.05, 3.63) is 36.4 Å². The molecule has 3 rings (SSSR count). The Morgan fingerprint density at radius 2 is 1.74 bits per heavy atom. The van der Waals surface area contributed by atoms with Crippen LogP contribution in [0.15, 0.2) is 45.6 Å². The molecule has 2 aromatic carbocycles. The molecule has 27 heavy (non-hydrogen) atoms. The minimum absolute atomic E-state index is 0.0213. The molecule has 1 N–H and O–H groups in total. The zero-order valence-corrected chi connectivity index (χ0v) is 17.0. The summed E-state index contributed by atoms with van der Waals surface area (Å²) in [7, 11) is -4.60. The number of sulfone groups is 1. The maximum atomic E-state index is 12.8. The molecule has 8 nitrogen and oxygen atoms in total. The number of hydrogen-bond donors (Lipinski definition) is 1. The highest BCUT2D eigenvalue weighted by atomic mass is 32.2. The number of nitrogens with one attached hydrogen (secondary N) is 1. The van der Waals surface area contributed by atoms with Gasteiger partial charge in [-0.3, -0.25) is 4.72 Å². The molecule has 0 aliphatic heterocycles. The fourth-order valence-electron chi connectivity index (χ4n) is 2.33. The molecule has 0 aliphatic carbocycles. The number of thiazole rings is 1. The van der Waals surface area contributed by atoms with E-state index in [2.05, 4.69) is 9.71 Å². The largest absolute Gasteiger partial charge is 0.497 e. The quantitative estimate of drug-likeness (QED) is 0.642. The molecule has 0 saturated carbocycles. The number of methoxy groups -OCH3 is 2.